The Morgan fingerprint density at radius 1 is 1.32 bits per heavy atom. The van der Waals surface area contributed by atoms with Gasteiger partial charge in [0.25, 0.3) is 0 Å². The zero-order chi connectivity index (χ0) is 14.0. The number of rotatable bonds is 4. The van der Waals surface area contributed by atoms with Crippen LogP contribution in [0.2, 0.25) is 0 Å². The molecular formula is C15H17NO3. The summed E-state index contributed by atoms with van der Waals surface area (Å²) in [6, 6.07) is 5.33. The van der Waals surface area contributed by atoms with Crippen LogP contribution in [0.1, 0.15) is 37.0 Å². The smallest absolute Gasteiger partial charge is 0.163 e. The predicted molar refractivity (Wildman–Crippen MR) is 73.6 cm³/mol. The number of methoxy groups -OCH3 is 1. The highest BCUT2D eigenvalue weighted by molar-refractivity contribution is 5.99. The maximum absolute atomic E-state index is 11.5. The molecule has 0 radical (unpaired) electrons. The summed E-state index contributed by atoms with van der Waals surface area (Å²) >= 11 is 0. The van der Waals surface area contributed by atoms with Gasteiger partial charge in [-0.05, 0) is 32.4 Å². The van der Waals surface area contributed by atoms with E-state index in [0.717, 1.165) is 23.4 Å². The lowest BCUT2D eigenvalue weighted by molar-refractivity contribution is -0.114. The first kappa shape index (κ1) is 13.3. The van der Waals surface area contributed by atoms with Crippen molar-refractivity contribution in [3.63, 3.8) is 0 Å². The molecule has 0 aliphatic heterocycles. The number of carbonyl (C=O) groups excluding carboxylic acids is 2. The van der Waals surface area contributed by atoms with E-state index in [9.17, 15) is 9.59 Å². The number of benzene rings is 1. The fourth-order valence-corrected chi connectivity index (χ4v) is 2.17. The second kappa shape index (κ2) is 5.26. The van der Waals surface area contributed by atoms with Crippen LogP contribution in [-0.4, -0.2) is 18.7 Å². The second-order valence-electron chi connectivity index (χ2n) is 4.62. The van der Waals surface area contributed by atoms with Gasteiger partial charge in [0.1, 0.15) is 5.75 Å². The molecule has 0 spiro atoms. The van der Waals surface area contributed by atoms with Crippen LogP contribution in [-0.2, 0) is 4.79 Å². The van der Waals surface area contributed by atoms with E-state index in [2.05, 4.69) is 5.32 Å². The van der Waals surface area contributed by atoms with Crippen molar-refractivity contribution >= 4 is 17.3 Å². The maximum Gasteiger partial charge on any atom is 0.163 e. The first-order valence-corrected chi connectivity index (χ1v) is 6.22. The van der Waals surface area contributed by atoms with Crippen LogP contribution < -0.4 is 10.1 Å². The lowest BCUT2D eigenvalue weighted by atomic mass is 10.1. The van der Waals surface area contributed by atoms with Crippen LogP contribution in [0.15, 0.2) is 29.5 Å². The Hall–Kier alpha value is -2.10. The Bertz CT molecular complexity index is 573. The van der Waals surface area contributed by atoms with E-state index in [-0.39, 0.29) is 11.6 Å². The molecule has 0 unspecified atom stereocenters. The number of nitrogens with one attached hydrogen (secondary N) is 1. The molecule has 19 heavy (non-hydrogen) atoms. The van der Waals surface area contributed by atoms with Crippen LogP contribution in [0.5, 0.6) is 5.75 Å². The zero-order valence-electron chi connectivity index (χ0n) is 11.4. The normalized spacial score (nSPS) is 14.8. The molecule has 1 aliphatic carbocycles. The van der Waals surface area contributed by atoms with Gasteiger partial charge in [-0.15, -0.1) is 0 Å². The van der Waals surface area contributed by atoms with Crippen LogP contribution in [0.4, 0.5) is 5.69 Å². The Labute approximate surface area is 112 Å². The van der Waals surface area contributed by atoms with Crippen molar-refractivity contribution in [2.75, 3.05) is 12.4 Å². The standard InChI is InChI=1S/C15H17NO3/c1-9-13(6-7-14(9)18)16-11-4-5-12(10(2)17)15(8-11)19-3/h4-5,8,16H,6-7H2,1-3H3. The van der Waals surface area contributed by atoms with Crippen molar-refractivity contribution in [2.24, 2.45) is 0 Å². The van der Waals surface area contributed by atoms with Gasteiger partial charge >= 0.3 is 0 Å². The highest BCUT2D eigenvalue weighted by Crippen LogP contribution is 2.28. The summed E-state index contributed by atoms with van der Waals surface area (Å²) in [4.78, 5) is 22.9. The summed E-state index contributed by atoms with van der Waals surface area (Å²) in [5.74, 6) is 0.699. The molecule has 4 nitrogen and oxygen atoms in total. The Morgan fingerprint density at radius 2 is 2.05 bits per heavy atom. The summed E-state index contributed by atoms with van der Waals surface area (Å²) in [6.45, 7) is 3.34. The van der Waals surface area contributed by atoms with E-state index in [1.807, 2.05) is 13.0 Å². The van der Waals surface area contributed by atoms with Crippen molar-refractivity contribution in [1.82, 2.24) is 0 Å². The molecule has 0 heterocycles. The first-order valence-electron chi connectivity index (χ1n) is 6.22. The monoisotopic (exact) mass is 259 g/mol. The van der Waals surface area contributed by atoms with Crippen LogP contribution >= 0.6 is 0 Å². The number of carbonyl (C=O) groups is 2. The van der Waals surface area contributed by atoms with Gasteiger partial charge in [0.2, 0.25) is 0 Å². The predicted octanol–water partition coefficient (Wildman–Crippen LogP) is 2.95. The van der Waals surface area contributed by atoms with Crippen molar-refractivity contribution in [3.05, 3.63) is 35.0 Å². The van der Waals surface area contributed by atoms with E-state index in [1.165, 1.54) is 14.0 Å². The minimum Gasteiger partial charge on any atom is -0.496 e. The van der Waals surface area contributed by atoms with Gasteiger partial charge in [-0.1, -0.05) is 0 Å². The third-order valence-electron chi connectivity index (χ3n) is 3.35. The van der Waals surface area contributed by atoms with E-state index in [0.29, 0.717) is 17.7 Å². The van der Waals surface area contributed by atoms with Crippen LogP contribution in [0, 0.1) is 0 Å². The molecular weight excluding hydrogens is 242 g/mol. The van der Waals surface area contributed by atoms with Gasteiger partial charge in [0.15, 0.2) is 11.6 Å². The molecule has 4 heteroatoms. The molecule has 0 bridgehead atoms. The quantitative estimate of drug-likeness (QED) is 0.845. The summed E-state index contributed by atoms with van der Waals surface area (Å²) < 4.78 is 5.22. The van der Waals surface area contributed by atoms with Gasteiger partial charge in [-0.2, -0.15) is 0 Å². The average molecular weight is 259 g/mol. The highest BCUT2D eigenvalue weighted by atomic mass is 16.5. The van der Waals surface area contributed by atoms with Gasteiger partial charge in [-0.3, -0.25) is 9.59 Å². The minimum absolute atomic E-state index is 0.0326. The third kappa shape index (κ3) is 2.67. The van der Waals surface area contributed by atoms with E-state index in [4.69, 9.17) is 4.74 Å². The van der Waals surface area contributed by atoms with Gasteiger partial charge < -0.3 is 10.1 Å². The second-order valence-corrected chi connectivity index (χ2v) is 4.62. The zero-order valence-corrected chi connectivity index (χ0v) is 11.4. The van der Waals surface area contributed by atoms with Crippen molar-refractivity contribution in [3.8, 4) is 5.75 Å². The van der Waals surface area contributed by atoms with E-state index < -0.39 is 0 Å². The molecule has 0 saturated heterocycles. The van der Waals surface area contributed by atoms with Crippen LogP contribution in [0.25, 0.3) is 0 Å². The summed E-state index contributed by atoms with van der Waals surface area (Å²) in [5.41, 5.74) is 3.12. The molecule has 100 valence electrons. The molecule has 0 atom stereocenters. The molecule has 1 aromatic rings. The number of Topliss-reactive ketones (excluding diaryl/α,β-unsaturated/α-hetero) is 2. The van der Waals surface area contributed by atoms with Crippen molar-refractivity contribution in [1.29, 1.82) is 0 Å². The summed E-state index contributed by atoms with van der Waals surface area (Å²) in [6.07, 6.45) is 1.30. The summed E-state index contributed by atoms with van der Waals surface area (Å²) in [7, 11) is 1.54. The van der Waals surface area contributed by atoms with Crippen molar-refractivity contribution in [2.45, 2.75) is 26.7 Å². The summed E-state index contributed by atoms with van der Waals surface area (Å²) in [5, 5.41) is 3.23. The van der Waals surface area contributed by atoms with E-state index >= 15 is 0 Å². The number of hydrogen-bond acceptors (Lipinski definition) is 4. The fourth-order valence-electron chi connectivity index (χ4n) is 2.17. The highest BCUT2D eigenvalue weighted by Gasteiger charge is 2.19. The topological polar surface area (TPSA) is 55.4 Å². The number of anilines is 1. The van der Waals surface area contributed by atoms with Crippen molar-refractivity contribution < 1.29 is 14.3 Å². The van der Waals surface area contributed by atoms with Gasteiger partial charge in [0, 0.05) is 29.4 Å². The molecule has 0 amide bonds. The lowest BCUT2D eigenvalue weighted by Gasteiger charge is -2.11. The molecule has 1 aliphatic rings. The number of allylic oxidation sites excluding steroid dienone is 2. The largest absolute Gasteiger partial charge is 0.496 e. The molecule has 1 N–H and O–H groups in total. The number of hydrogen-bond donors (Lipinski definition) is 1. The Kier molecular flexibility index (Phi) is 3.69. The lowest BCUT2D eigenvalue weighted by Crippen LogP contribution is -2.02. The number of ketones is 2. The average Bonchev–Trinajstić information content (AvgIpc) is 2.70. The minimum atomic E-state index is -0.0326. The molecule has 2 rings (SSSR count). The van der Waals surface area contributed by atoms with E-state index in [1.54, 1.807) is 12.1 Å². The maximum atomic E-state index is 11.5. The Balaban J connectivity index is 2.28. The fraction of sp³-hybridized carbons (Fsp3) is 0.333. The van der Waals surface area contributed by atoms with Gasteiger partial charge in [-0.25, -0.2) is 0 Å². The molecule has 0 aromatic heterocycles. The molecule has 1 aromatic carbocycles. The number of ether oxygens (including phenoxy) is 1. The van der Waals surface area contributed by atoms with Crippen LogP contribution in [0.3, 0.4) is 0 Å². The molecule has 0 fully saturated rings. The first-order chi connectivity index (χ1) is 9.02. The third-order valence-corrected chi connectivity index (χ3v) is 3.35. The van der Waals surface area contributed by atoms with Gasteiger partial charge in [0.05, 0.1) is 12.7 Å². The molecule has 0 saturated carbocycles. The SMILES string of the molecule is COc1cc(NC2=C(C)C(=O)CC2)ccc1C(C)=O. The Morgan fingerprint density at radius 3 is 2.58 bits per heavy atom.